The van der Waals surface area contributed by atoms with Crippen molar-refractivity contribution < 1.29 is 13.5 Å². The number of rotatable bonds is 5. The van der Waals surface area contributed by atoms with Crippen LogP contribution in [0.3, 0.4) is 0 Å². The Morgan fingerprint density at radius 1 is 1.24 bits per heavy atom. The molecule has 29 heavy (non-hydrogen) atoms. The maximum Gasteiger partial charge on any atom is 0.300 e. The third-order valence-electron chi connectivity index (χ3n) is 5.04. The van der Waals surface area contributed by atoms with E-state index in [4.69, 9.17) is 4.74 Å². The molecule has 0 spiro atoms. The summed E-state index contributed by atoms with van der Waals surface area (Å²) in [6.07, 6.45) is 3.88. The highest BCUT2D eigenvalue weighted by Gasteiger charge is 2.29. The Morgan fingerprint density at radius 3 is 2.72 bits per heavy atom. The fourth-order valence-electron chi connectivity index (χ4n) is 3.46. The molecule has 3 heterocycles. The molecule has 0 radical (unpaired) electrons. The molecule has 1 aliphatic rings. The molecular formula is C21H20F2N4O2. The molecule has 1 N–H and O–H groups in total. The Kier molecular flexibility index (Phi) is 5.35. The molecule has 1 aromatic carbocycles. The van der Waals surface area contributed by atoms with Gasteiger partial charge in [0.1, 0.15) is 11.9 Å². The fourth-order valence-corrected chi connectivity index (χ4v) is 3.46. The maximum atomic E-state index is 14.2. The van der Waals surface area contributed by atoms with Crippen LogP contribution in [0, 0.1) is 11.6 Å². The van der Waals surface area contributed by atoms with Gasteiger partial charge in [-0.1, -0.05) is 12.1 Å². The molecule has 4 rings (SSSR count). The quantitative estimate of drug-likeness (QED) is 0.716. The number of halogens is 2. The van der Waals surface area contributed by atoms with Gasteiger partial charge in [0.15, 0.2) is 5.82 Å². The van der Waals surface area contributed by atoms with Crippen LogP contribution in [-0.2, 0) is 7.05 Å². The largest absolute Gasteiger partial charge is 0.455 e. The second-order valence-corrected chi connectivity index (χ2v) is 6.97. The van der Waals surface area contributed by atoms with Gasteiger partial charge >= 0.3 is 0 Å². The first kappa shape index (κ1) is 19.2. The fraction of sp³-hybridized carbons (Fsp3) is 0.286. The predicted molar refractivity (Wildman–Crippen MR) is 103 cm³/mol. The molecule has 0 aliphatic carbocycles. The standard InChI is InChI=1S/C21H20F2N4O2/c1-27-19(28)11-18(15-8-10-24-12-16(15)23)26-21(27)29-20(17-3-2-9-25-17)13-4-6-14(22)7-5-13/h4-8,10-12,17,20,25H,2-3,9H2,1H3/t17-,20?/m0/s1. The molecule has 0 saturated carbocycles. The first-order valence-electron chi connectivity index (χ1n) is 9.36. The molecule has 2 aromatic heterocycles. The van der Waals surface area contributed by atoms with Crippen LogP contribution in [0.25, 0.3) is 11.3 Å². The van der Waals surface area contributed by atoms with Gasteiger partial charge in [-0.2, -0.15) is 4.98 Å². The molecule has 1 unspecified atom stereocenters. The van der Waals surface area contributed by atoms with Crippen molar-refractivity contribution in [1.29, 1.82) is 0 Å². The Labute approximate surface area is 166 Å². The highest BCUT2D eigenvalue weighted by molar-refractivity contribution is 5.58. The summed E-state index contributed by atoms with van der Waals surface area (Å²) in [6.45, 7) is 0.848. The normalized spacial score (nSPS) is 17.3. The average molecular weight is 398 g/mol. The summed E-state index contributed by atoms with van der Waals surface area (Å²) in [7, 11) is 1.54. The second kappa shape index (κ2) is 8.08. The summed E-state index contributed by atoms with van der Waals surface area (Å²) in [5.41, 5.74) is 0.721. The summed E-state index contributed by atoms with van der Waals surface area (Å²) in [5, 5.41) is 3.38. The smallest absolute Gasteiger partial charge is 0.300 e. The molecule has 1 fully saturated rings. The van der Waals surface area contributed by atoms with Crippen molar-refractivity contribution in [3.05, 3.63) is 76.3 Å². The molecule has 150 valence electrons. The van der Waals surface area contributed by atoms with E-state index in [1.54, 1.807) is 19.2 Å². The van der Waals surface area contributed by atoms with E-state index in [1.165, 1.54) is 35.0 Å². The predicted octanol–water partition coefficient (Wildman–Crippen LogP) is 2.99. The van der Waals surface area contributed by atoms with E-state index in [0.717, 1.165) is 31.1 Å². The second-order valence-electron chi connectivity index (χ2n) is 6.97. The zero-order valence-corrected chi connectivity index (χ0v) is 15.8. The summed E-state index contributed by atoms with van der Waals surface area (Å²) in [4.78, 5) is 20.6. The van der Waals surface area contributed by atoms with E-state index < -0.39 is 11.9 Å². The van der Waals surface area contributed by atoms with Crippen LogP contribution in [0.5, 0.6) is 6.01 Å². The summed E-state index contributed by atoms with van der Waals surface area (Å²) >= 11 is 0. The van der Waals surface area contributed by atoms with E-state index in [0.29, 0.717) is 0 Å². The molecule has 0 bridgehead atoms. The van der Waals surface area contributed by atoms with E-state index in [1.807, 2.05) is 0 Å². The topological polar surface area (TPSA) is 69.0 Å². The van der Waals surface area contributed by atoms with Gasteiger partial charge in [-0.15, -0.1) is 0 Å². The highest BCUT2D eigenvalue weighted by atomic mass is 19.1. The van der Waals surface area contributed by atoms with Gasteiger partial charge in [-0.05, 0) is 43.1 Å². The van der Waals surface area contributed by atoms with E-state index in [-0.39, 0.29) is 34.7 Å². The number of nitrogens with zero attached hydrogens (tertiary/aromatic N) is 3. The Morgan fingerprint density at radius 2 is 2.03 bits per heavy atom. The van der Waals surface area contributed by atoms with Gasteiger partial charge in [0, 0.05) is 30.9 Å². The number of pyridine rings is 1. The monoisotopic (exact) mass is 398 g/mol. The van der Waals surface area contributed by atoms with E-state index in [2.05, 4.69) is 15.3 Å². The molecule has 0 amide bonds. The van der Waals surface area contributed by atoms with Crippen LogP contribution < -0.4 is 15.6 Å². The van der Waals surface area contributed by atoms with Crippen molar-refractivity contribution in [3.63, 3.8) is 0 Å². The van der Waals surface area contributed by atoms with Crippen LogP contribution in [0.1, 0.15) is 24.5 Å². The van der Waals surface area contributed by atoms with Crippen LogP contribution >= 0.6 is 0 Å². The third-order valence-corrected chi connectivity index (χ3v) is 5.04. The van der Waals surface area contributed by atoms with Crippen LogP contribution in [0.15, 0.2) is 53.6 Å². The molecule has 1 saturated heterocycles. The zero-order valence-electron chi connectivity index (χ0n) is 15.8. The summed E-state index contributed by atoms with van der Waals surface area (Å²) in [5.74, 6) is -0.917. The van der Waals surface area contributed by atoms with Crippen molar-refractivity contribution >= 4 is 0 Å². The minimum absolute atomic E-state index is 0.0151. The first-order chi connectivity index (χ1) is 14.0. The van der Waals surface area contributed by atoms with Crippen molar-refractivity contribution in [2.45, 2.75) is 25.0 Å². The lowest BCUT2D eigenvalue weighted by atomic mass is 10.0. The van der Waals surface area contributed by atoms with Crippen molar-refractivity contribution in [2.75, 3.05) is 6.54 Å². The minimum atomic E-state index is -0.577. The SMILES string of the molecule is Cn1c(OC(c2ccc(F)cc2)[C@@H]2CCCN2)nc(-c2ccncc2F)cc1=O. The number of nitrogens with one attached hydrogen (secondary N) is 1. The molecule has 2 atom stereocenters. The van der Waals surface area contributed by atoms with Crippen LogP contribution in [-0.4, -0.2) is 27.1 Å². The van der Waals surface area contributed by atoms with Crippen molar-refractivity contribution in [1.82, 2.24) is 19.9 Å². The molecule has 6 nitrogen and oxygen atoms in total. The number of ether oxygens (including phenoxy) is 1. The maximum absolute atomic E-state index is 14.2. The molecule has 3 aromatic rings. The number of hydrogen-bond acceptors (Lipinski definition) is 5. The van der Waals surface area contributed by atoms with Gasteiger partial charge < -0.3 is 10.1 Å². The van der Waals surface area contributed by atoms with Crippen LogP contribution in [0.2, 0.25) is 0 Å². The molecular weight excluding hydrogens is 378 g/mol. The minimum Gasteiger partial charge on any atom is -0.455 e. The number of benzene rings is 1. The lowest BCUT2D eigenvalue weighted by molar-refractivity contribution is 0.142. The Balaban J connectivity index is 1.75. The van der Waals surface area contributed by atoms with Gasteiger partial charge in [0.25, 0.3) is 11.6 Å². The van der Waals surface area contributed by atoms with E-state index >= 15 is 0 Å². The zero-order chi connectivity index (χ0) is 20.4. The highest BCUT2D eigenvalue weighted by Crippen LogP contribution is 2.29. The lowest BCUT2D eigenvalue weighted by Crippen LogP contribution is -2.34. The average Bonchev–Trinajstić information content (AvgIpc) is 3.25. The van der Waals surface area contributed by atoms with Crippen molar-refractivity contribution in [2.24, 2.45) is 7.05 Å². The molecule has 1 aliphatic heterocycles. The van der Waals surface area contributed by atoms with Gasteiger partial charge in [0.05, 0.1) is 11.9 Å². The van der Waals surface area contributed by atoms with E-state index in [9.17, 15) is 13.6 Å². The Bertz CT molecular complexity index is 1060. The van der Waals surface area contributed by atoms with Gasteiger partial charge in [-0.3, -0.25) is 14.3 Å². The first-order valence-corrected chi connectivity index (χ1v) is 9.36. The van der Waals surface area contributed by atoms with Crippen LogP contribution in [0.4, 0.5) is 8.78 Å². The Hall–Kier alpha value is -3.13. The summed E-state index contributed by atoms with van der Waals surface area (Å²) in [6, 6.07) is 8.81. The summed E-state index contributed by atoms with van der Waals surface area (Å²) < 4.78 is 35.0. The molecule has 8 heteroatoms. The van der Waals surface area contributed by atoms with Gasteiger partial charge in [-0.25, -0.2) is 8.78 Å². The lowest BCUT2D eigenvalue weighted by Gasteiger charge is -2.25. The van der Waals surface area contributed by atoms with Crippen molar-refractivity contribution in [3.8, 4) is 17.3 Å². The number of aromatic nitrogens is 3. The third kappa shape index (κ3) is 4.02. The van der Waals surface area contributed by atoms with Gasteiger partial charge in [0.2, 0.25) is 0 Å². The number of hydrogen-bond donors (Lipinski definition) is 1.